The lowest BCUT2D eigenvalue weighted by atomic mass is 10.2. The second-order valence-corrected chi connectivity index (χ2v) is 8.75. The highest BCUT2D eigenvalue weighted by molar-refractivity contribution is 9.10. The number of ether oxygens (including phenoxy) is 1. The van der Waals surface area contributed by atoms with Gasteiger partial charge in [-0.2, -0.15) is 0 Å². The molecule has 0 saturated carbocycles. The highest BCUT2D eigenvalue weighted by atomic mass is 79.9. The molecule has 0 atom stereocenters. The van der Waals surface area contributed by atoms with E-state index in [4.69, 9.17) is 4.74 Å². The second-order valence-electron chi connectivity index (χ2n) is 5.36. The molecule has 1 aromatic carbocycles. The van der Waals surface area contributed by atoms with Gasteiger partial charge in [-0.15, -0.1) is 0 Å². The van der Waals surface area contributed by atoms with Crippen LogP contribution in [0.2, 0.25) is 0 Å². The first kappa shape index (κ1) is 18.5. The van der Waals surface area contributed by atoms with Crippen molar-refractivity contribution in [3.8, 4) is 5.75 Å². The van der Waals surface area contributed by atoms with Crippen LogP contribution in [0.4, 0.5) is 0 Å². The summed E-state index contributed by atoms with van der Waals surface area (Å²) in [6.07, 6.45) is 0. The Morgan fingerprint density at radius 2 is 2.05 bits per heavy atom. The molecule has 0 aliphatic rings. The predicted molar refractivity (Wildman–Crippen MR) is 90.5 cm³/mol. The number of rotatable bonds is 9. The maximum Gasteiger partial charge on any atom is 0.153 e. The standard InChI is InChI=1S/C15H24BrNO3S/c1-4-21(18,19)8-7-20-15-6-5-14(16)9-13(15)11-17-10-12(2)3/h5-6,9,12,17H,4,7-8,10-11H2,1-3H3. The van der Waals surface area contributed by atoms with Crippen molar-refractivity contribution in [2.75, 3.05) is 24.7 Å². The van der Waals surface area contributed by atoms with E-state index in [-0.39, 0.29) is 18.1 Å². The highest BCUT2D eigenvalue weighted by Crippen LogP contribution is 2.23. The van der Waals surface area contributed by atoms with Gasteiger partial charge in [0, 0.05) is 22.3 Å². The van der Waals surface area contributed by atoms with Gasteiger partial charge >= 0.3 is 0 Å². The van der Waals surface area contributed by atoms with Crippen LogP contribution in [0, 0.1) is 5.92 Å². The largest absolute Gasteiger partial charge is 0.492 e. The molecule has 6 heteroatoms. The van der Waals surface area contributed by atoms with Crippen LogP contribution in [-0.4, -0.2) is 33.1 Å². The van der Waals surface area contributed by atoms with Gasteiger partial charge in [0.25, 0.3) is 0 Å². The SMILES string of the molecule is CCS(=O)(=O)CCOc1ccc(Br)cc1CNCC(C)C. The minimum Gasteiger partial charge on any atom is -0.492 e. The smallest absolute Gasteiger partial charge is 0.153 e. The summed E-state index contributed by atoms with van der Waals surface area (Å²) in [7, 11) is -2.99. The number of nitrogens with one attached hydrogen (secondary N) is 1. The zero-order valence-corrected chi connectivity index (χ0v) is 15.3. The molecule has 0 amide bonds. The van der Waals surface area contributed by atoms with Gasteiger partial charge in [-0.25, -0.2) is 8.42 Å². The normalized spacial score (nSPS) is 11.9. The Kier molecular flexibility index (Phi) is 7.70. The van der Waals surface area contributed by atoms with Gasteiger partial charge < -0.3 is 10.1 Å². The second kappa shape index (κ2) is 8.76. The lowest BCUT2D eigenvalue weighted by Crippen LogP contribution is -2.20. The molecule has 1 aromatic rings. The predicted octanol–water partition coefficient (Wildman–Crippen LogP) is 3.01. The van der Waals surface area contributed by atoms with E-state index in [9.17, 15) is 8.42 Å². The van der Waals surface area contributed by atoms with E-state index in [1.165, 1.54) is 0 Å². The van der Waals surface area contributed by atoms with E-state index in [0.717, 1.165) is 22.3 Å². The highest BCUT2D eigenvalue weighted by Gasteiger charge is 2.09. The molecule has 1 rings (SSSR count). The van der Waals surface area contributed by atoms with Crippen molar-refractivity contribution in [1.29, 1.82) is 0 Å². The van der Waals surface area contributed by atoms with Crippen LogP contribution in [0.15, 0.2) is 22.7 Å². The van der Waals surface area contributed by atoms with Gasteiger partial charge in [0.05, 0.1) is 5.75 Å². The maximum absolute atomic E-state index is 11.5. The summed E-state index contributed by atoms with van der Waals surface area (Å²) < 4.78 is 29.6. The quantitative estimate of drug-likeness (QED) is 0.718. The van der Waals surface area contributed by atoms with Gasteiger partial charge in [-0.3, -0.25) is 0 Å². The fraction of sp³-hybridized carbons (Fsp3) is 0.600. The summed E-state index contributed by atoms with van der Waals surface area (Å²) >= 11 is 3.45. The minimum atomic E-state index is -2.99. The molecule has 0 bridgehead atoms. The third kappa shape index (κ3) is 7.29. The number of hydrogen-bond acceptors (Lipinski definition) is 4. The number of halogens is 1. The molecule has 0 aliphatic carbocycles. The Hall–Kier alpha value is -0.590. The average molecular weight is 378 g/mol. The third-order valence-electron chi connectivity index (χ3n) is 2.98. The average Bonchev–Trinajstić information content (AvgIpc) is 2.40. The summed E-state index contributed by atoms with van der Waals surface area (Å²) in [5.41, 5.74) is 1.03. The fourth-order valence-corrected chi connectivity index (χ4v) is 2.78. The molecule has 0 fully saturated rings. The molecule has 0 unspecified atom stereocenters. The van der Waals surface area contributed by atoms with Crippen LogP contribution >= 0.6 is 15.9 Å². The van der Waals surface area contributed by atoms with Crippen molar-refractivity contribution in [3.05, 3.63) is 28.2 Å². The van der Waals surface area contributed by atoms with Crippen molar-refractivity contribution in [1.82, 2.24) is 5.32 Å². The van der Waals surface area contributed by atoms with Gasteiger partial charge in [0.2, 0.25) is 0 Å². The Morgan fingerprint density at radius 1 is 1.33 bits per heavy atom. The van der Waals surface area contributed by atoms with Crippen LogP contribution in [0.5, 0.6) is 5.75 Å². The van der Waals surface area contributed by atoms with Crippen LogP contribution < -0.4 is 10.1 Å². The van der Waals surface area contributed by atoms with Crippen molar-refractivity contribution in [2.45, 2.75) is 27.3 Å². The minimum absolute atomic E-state index is 0.0540. The lowest BCUT2D eigenvalue weighted by molar-refractivity contribution is 0.335. The zero-order valence-electron chi connectivity index (χ0n) is 12.9. The van der Waals surface area contributed by atoms with E-state index >= 15 is 0 Å². The van der Waals surface area contributed by atoms with Crippen molar-refractivity contribution >= 4 is 25.8 Å². The molecular formula is C15H24BrNO3S. The molecule has 0 heterocycles. The van der Waals surface area contributed by atoms with Crippen molar-refractivity contribution in [3.63, 3.8) is 0 Å². The van der Waals surface area contributed by atoms with Crippen molar-refractivity contribution in [2.24, 2.45) is 5.92 Å². The molecule has 0 radical (unpaired) electrons. The molecule has 0 aromatic heterocycles. The Bertz CT molecular complexity index is 544. The third-order valence-corrected chi connectivity index (χ3v) is 5.14. The van der Waals surface area contributed by atoms with E-state index in [1.54, 1.807) is 6.92 Å². The molecular weight excluding hydrogens is 354 g/mol. The van der Waals surface area contributed by atoms with Crippen LogP contribution in [0.3, 0.4) is 0 Å². The first-order valence-corrected chi connectivity index (χ1v) is 9.78. The number of benzene rings is 1. The van der Waals surface area contributed by atoms with Gasteiger partial charge in [0.15, 0.2) is 9.84 Å². The monoisotopic (exact) mass is 377 g/mol. The van der Waals surface area contributed by atoms with Gasteiger partial charge in [-0.1, -0.05) is 36.7 Å². The molecule has 0 saturated heterocycles. The van der Waals surface area contributed by atoms with E-state index in [1.807, 2.05) is 18.2 Å². The summed E-state index contributed by atoms with van der Waals surface area (Å²) in [6.45, 7) is 7.77. The lowest BCUT2D eigenvalue weighted by Gasteiger charge is -2.13. The first-order chi connectivity index (χ1) is 9.84. The first-order valence-electron chi connectivity index (χ1n) is 7.16. The molecule has 0 aliphatic heterocycles. The Labute approximate surface area is 136 Å². The topological polar surface area (TPSA) is 55.4 Å². The van der Waals surface area contributed by atoms with Crippen LogP contribution in [0.25, 0.3) is 0 Å². The molecule has 120 valence electrons. The fourth-order valence-electron chi connectivity index (χ4n) is 1.75. The Morgan fingerprint density at radius 3 is 2.67 bits per heavy atom. The number of sulfone groups is 1. The maximum atomic E-state index is 11.5. The van der Waals surface area contributed by atoms with E-state index in [0.29, 0.717) is 12.5 Å². The van der Waals surface area contributed by atoms with Crippen LogP contribution in [0.1, 0.15) is 26.3 Å². The summed E-state index contributed by atoms with van der Waals surface area (Å²) in [6, 6.07) is 5.77. The van der Waals surface area contributed by atoms with Gasteiger partial charge in [0.1, 0.15) is 12.4 Å². The Balaban J connectivity index is 2.64. The molecule has 1 N–H and O–H groups in total. The summed E-state index contributed by atoms with van der Waals surface area (Å²) in [5.74, 6) is 1.52. The summed E-state index contributed by atoms with van der Waals surface area (Å²) in [5, 5.41) is 3.37. The molecule has 21 heavy (non-hydrogen) atoms. The molecule has 4 nitrogen and oxygen atoms in total. The van der Waals surface area contributed by atoms with Gasteiger partial charge in [-0.05, 0) is 30.7 Å². The van der Waals surface area contributed by atoms with Crippen molar-refractivity contribution < 1.29 is 13.2 Å². The zero-order chi connectivity index (χ0) is 15.9. The van der Waals surface area contributed by atoms with E-state index < -0.39 is 9.84 Å². The van der Waals surface area contributed by atoms with E-state index in [2.05, 4.69) is 35.1 Å². The van der Waals surface area contributed by atoms with Crippen LogP contribution in [-0.2, 0) is 16.4 Å². The molecule has 0 spiro atoms. The summed E-state index contributed by atoms with van der Waals surface area (Å²) in [4.78, 5) is 0. The number of hydrogen-bond donors (Lipinski definition) is 1.